The average molecular weight is 401 g/mol. The van der Waals surface area contributed by atoms with Gasteiger partial charge in [-0.2, -0.15) is 0 Å². The number of aryl methyl sites for hydroxylation is 1. The summed E-state index contributed by atoms with van der Waals surface area (Å²) in [4.78, 5) is 8.77. The van der Waals surface area contributed by atoms with E-state index in [9.17, 15) is 0 Å². The fourth-order valence-corrected chi connectivity index (χ4v) is 4.48. The molecule has 0 amide bonds. The summed E-state index contributed by atoms with van der Waals surface area (Å²) in [6, 6.07) is 10.8. The predicted octanol–water partition coefficient (Wildman–Crippen LogP) is 5.08. The minimum absolute atomic E-state index is 0.167. The number of benzene rings is 2. The van der Waals surface area contributed by atoms with Crippen LogP contribution in [0.4, 0.5) is 0 Å². The van der Waals surface area contributed by atoms with Gasteiger partial charge in [-0.15, -0.1) is 0 Å². The maximum atomic E-state index is 6.06. The number of fused-ring (bicyclic) bond motifs is 4. The molecule has 5 rings (SSSR count). The van der Waals surface area contributed by atoms with Crippen LogP contribution in [0.25, 0.3) is 32.6 Å². The van der Waals surface area contributed by atoms with E-state index in [0.717, 1.165) is 31.2 Å². The van der Waals surface area contributed by atoms with Gasteiger partial charge in [-0.05, 0) is 53.6 Å². The SMILES string of the molecule is Cc1c2ccncc2cc2c3cc(OCC4=NCCN4)ccc3n(CC(C)(C)C)c12. The van der Waals surface area contributed by atoms with Crippen molar-refractivity contribution >= 4 is 38.4 Å². The Morgan fingerprint density at radius 3 is 2.73 bits per heavy atom. The number of rotatable bonds is 4. The zero-order chi connectivity index (χ0) is 20.9. The van der Waals surface area contributed by atoms with Crippen LogP contribution in [0.5, 0.6) is 5.75 Å². The van der Waals surface area contributed by atoms with Crippen LogP contribution in [0, 0.1) is 12.3 Å². The van der Waals surface area contributed by atoms with Crippen molar-refractivity contribution < 1.29 is 4.74 Å². The molecule has 4 aromatic rings. The molecule has 0 spiro atoms. The second-order valence-corrected chi connectivity index (χ2v) is 9.36. The number of pyridine rings is 1. The fourth-order valence-electron chi connectivity index (χ4n) is 4.48. The summed E-state index contributed by atoms with van der Waals surface area (Å²) in [5.41, 5.74) is 4.02. The minimum Gasteiger partial charge on any atom is -0.486 e. The molecular formula is C25H28N4O. The van der Waals surface area contributed by atoms with Gasteiger partial charge in [0.15, 0.2) is 0 Å². The van der Waals surface area contributed by atoms with Crippen molar-refractivity contribution in [2.45, 2.75) is 34.2 Å². The Balaban J connectivity index is 1.71. The van der Waals surface area contributed by atoms with Gasteiger partial charge in [-0.25, -0.2) is 0 Å². The molecule has 2 aromatic heterocycles. The molecule has 1 N–H and O–H groups in total. The zero-order valence-corrected chi connectivity index (χ0v) is 18.1. The van der Waals surface area contributed by atoms with Gasteiger partial charge in [-0.3, -0.25) is 9.98 Å². The van der Waals surface area contributed by atoms with Gasteiger partial charge in [0.05, 0.1) is 12.1 Å². The lowest BCUT2D eigenvalue weighted by Gasteiger charge is -2.21. The van der Waals surface area contributed by atoms with Crippen LogP contribution in [0.2, 0.25) is 0 Å². The molecular weight excluding hydrogens is 372 g/mol. The van der Waals surface area contributed by atoms with E-state index < -0.39 is 0 Å². The van der Waals surface area contributed by atoms with Crippen molar-refractivity contribution in [3.8, 4) is 5.75 Å². The topological polar surface area (TPSA) is 51.4 Å². The van der Waals surface area contributed by atoms with E-state index in [1.165, 1.54) is 38.1 Å². The van der Waals surface area contributed by atoms with Gasteiger partial charge in [0.25, 0.3) is 0 Å². The first-order valence-electron chi connectivity index (χ1n) is 10.6. The number of nitrogens with one attached hydrogen (secondary N) is 1. The molecule has 0 saturated carbocycles. The molecule has 0 radical (unpaired) electrons. The lowest BCUT2D eigenvalue weighted by Crippen LogP contribution is -2.24. The molecule has 2 aromatic carbocycles. The second-order valence-electron chi connectivity index (χ2n) is 9.36. The summed E-state index contributed by atoms with van der Waals surface area (Å²) in [7, 11) is 0. The zero-order valence-electron chi connectivity index (χ0n) is 18.1. The average Bonchev–Trinajstić information content (AvgIpc) is 3.33. The largest absolute Gasteiger partial charge is 0.486 e. The molecule has 0 unspecified atom stereocenters. The number of aromatic nitrogens is 2. The first kappa shape index (κ1) is 18.9. The van der Waals surface area contributed by atoms with Gasteiger partial charge < -0.3 is 14.6 Å². The Morgan fingerprint density at radius 1 is 1.10 bits per heavy atom. The summed E-state index contributed by atoms with van der Waals surface area (Å²) in [6.07, 6.45) is 3.84. The van der Waals surface area contributed by atoms with Crippen molar-refractivity contribution in [3.63, 3.8) is 0 Å². The van der Waals surface area contributed by atoms with E-state index in [4.69, 9.17) is 4.74 Å². The molecule has 30 heavy (non-hydrogen) atoms. The molecule has 0 bridgehead atoms. The van der Waals surface area contributed by atoms with Crippen LogP contribution in [0.1, 0.15) is 26.3 Å². The van der Waals surface area contributed by atoms with Crippen molar-refractivity contribution in [3.05, 3.63) is 48.3 Å². The maximum Gasteiger partial charge on any atom is 0.145 e. The normalized spacial score (nSPS) is 14.5. The number of aliphatic imine (C=N–C) groups is 1. The lowest BCUT2D eigenvalue weighted by atomic mass is 9.96. The molecule has 1 aliphatic rings. The standard InChI is InChI=1S/C25H28N4O/c1-16-19-7-8-26-13-17(19)11-21-20-12-18(30-14-23-27-9-10-28-23)5-6-22(20)29(24(16)21)15-25(2,3)4/h5-8,11-13H,9-10,14-15H2,1-4H3,(H,27,28). The van der Waals surface area contributed by atoms with Crippen LogP contribution in [0.15, 0.2) is 47.7 Å². The molecule has 3 heterocycles. The van der Waals surface area contributed by atoms with Crippen LogP contribution in [-0.4, -0.2) is 35.1 Å². The van der Waals surface area contributed by atoms with E-state index >= 15 is 0 Å². The quantitative estimate of drug-likeness (QED) is 0.520. The Labute approximate surface area is 176 Å². The molecule has 154 valence electrons. The monoisotopic (exact) mass is 400 g/mol. The third-order valence-corrected chi connectivity index (χ3v) is 5.74. The third-order valence-electron chi connectivity index (χ3n) is 5.74. The van der Waals surface area contributed by atoms with Gasteiger partial charge in [0.2, 0.25) is 0 Å². The summed E-state index contributed by atoms with van der Waals surface area (Å²) >= 11 is 0. The summed E-state index contributed by atoms with van der Waals surface area (Å²) in [5.74, 6) is 1.80. The molecule has 1 aliphatic heterocycles. The van der Waals surface area contributed by atoms with Crippen molar-refractivity contribution in [2.75, 3.05) is 19.7 Å². The van der Waals surface area contributed by atoms with Gasteiger partial charge in [0.1, 0.15) is 18.2 Å². The van der Waals surface area contributed by atoms with Gasteiger partial charge in [-0.1, -0.05) is 20.8 Å². The summed E-state index contributed by atoms with van der Waals surface area (Å²) in [5, 5.41) is 8.18. The van der Waals surface area contributed by atoms with Crippen molar-refractivity contribution in [1.82, 2.24) is 14.9 Å². The molecule has 0 atom stereocenters. The molecule has 5 nitrogen and oxygen atoms in total. The van der Waals surface area contributed by atoms with Gasteiger partial charge >= 0.3 is 0 Å². The van der Waals surface area contributed by atoms with Crippen LogP contribution in [-0.2, 0) is 6.54 Å². The second kappa shape index (κ2) is 7.01. The van der Waals surface area contributed by atoms with Crippen LogP contribution >= 0.6 is 0 Å². The number of ether oxygens (including phenoxy) is 1. The van der Waals surface area contributed by atoms with E-state index in [-0.39, 0.29) is 5.41 Å². The molecule has 5 heteroatoms. The van der Waals surface area contributed by atoms with Gasteiger partial charge in [0, 0.05) is 47.2 Å². The fraction of sp³-hybridized carbons (Fsp3) is 0.360. The first-order chi connectivity index (χ1) is 14.4. The highest BCUT2D eigenvalue weighted by Crippen LogP contribution is 2.38. The smallest absolute Gasteiger partial charge is 0.145 e. The molecule has 0 saturated heterocycles. The minimum atomic E-state index is 0.167. The Hall–Kier alpha value is -3.08. The van der Waals surface area contributed by atoms with E-state index in [2.05, 4.69) is 77.9 Å². The maximum absolute atomic E-state index is 6.06. The summed E-state index contributed by atoms with van der Waals surface area (Å²) in [6.45, 7) is 12.3. The summed E-state index contributed by atoms with van der Waals surface area (Å²) < 4.78 is 8.54. The highest BCUT2D eigenvalue weighted by atomic mass is 16.5. The number of nitrogens with zero attached hydrogens (tertiary/aromatic N) is 3. The van der Waals surface area contributed by atoms with Crippen molar-refractivity contribution in [2.24, 2.45) is 10.4 Å². The molecule has 0 fully saturated rings. The number of hydrogen-bond acceptors (Lipinski definition) is 4. The van der Waals surface area contributed by atoms with E-state index in [1.807, 2.05) is 12.4 Å². The Kier molecular flexibility index (Phi) is 4.42. The molecule has 0 aliphatic carbocycles. The van der Waals surface area contributed by atoms with Crippen LogP contribution in [0.3, 0.4) is 0 Å². The predicted molar refractivity (Wildman–Crippen MR) is 125 cm³/mol. The van der Waals surface area contributed by atoms with E-state index in [1.54, 1.807) is 0 Å². The van der Waals surface area contributed by atoms with E-state index in [0.29, 0.717) is 6.61 Å². The highest BCUT2D eigenvalue weighted by Gasteiger charge is 2.20. The highest BCUT2D eigenvalue weighted by molar-refractivity contribution is 6.14. The lowest BCUT2D eigenvalue weighted by molar-refractivity contribution is 0.354. The Bertz CT molecular complexity index is 1290. The number of amidine groups is 1. The third kappa shape index (κ3) is 3.28. The Morgan fingerprint density at radius 2 is 1.97 bits per heavy atom. The number of hydrogen-bond donors (Lipinski definition) is 1. The van der Waals surface area contributed by atoms with Crippen molar-refractivity contribution in [1.29, 1.82) is 0 Å². The van der Waals surface area contributed by atoms with Crippen LogP contribution < -0.4 is 10.1 Å². The first-order valence-corrected chi connectivity index (χ1v) is 10.6.